The number of nitrogens with two attached hydrogens (primary N) is 2. The molecule has 190 valence electrons. The predicted molar refractivity (Wildman–Crippen MR) is 145 cm³/mol. The molecule has 11 heteroatoms. The van der Waals surface area contributed by atoms with Gasteiger partial charge in [-0.15, -0.1) is 0 Å². The van der Waals surface area contributed by atoms with Crippen LogP contribution in [0.1, 0.15) is 34.4 Å². The summed E-state index contributed by atoms with van der Waals surface area (Å²) in [4.78, 5) is 35.7. The summed E-state index contributed by atoms with van der Waals surface area (Å²) in [6.07, 6.45) is 6.90. The molecule has 0 spiro atoms. The van der Waals surface area contributed by atoms with E-state index in [2.05, 4.69) is 37.3 Å². The number of fused-ring (bicyclic) bond motifs is 1. The Morgan fingerprint density at radius 1 is 1.05 bits per heavy atom. The van der Waals surface area contributed by atoms with Crippen molar-refractivity contribution in [3.63, 3.8) is 0 Å². The second kappa shape index (κ2) is 11.5. The number of amides is 1. The van der Waals surface area contributed by atoms with Gasteiger partial charge >= 0.3 is 0 Å². The molecule has 0 atom stereocenters. The monoisotopic (exact) mass is 507 g/mol. The molecule has 0 unspecified atom stereocenters. The SMILES string of the molecule is CCc1nc2cccc(C#Cc3cnn(C)c3)c2c(=O)n1Nc1ccccc1.NC(=O)c1nccnc1N. The molecule has 3 heterocycles. The van der Waals surface area contributed by atoms with Crippen molar-refractivity contribution in [2.75, 3.05) is 11.2 Å². The van der Waals surface area contributed by atoms with E-state index in [1.807, 2.05) is 68.7 Å². The number of nitrogens with one attached hydrogen (secondary N) is 1. The molecular weight excluding hydrogens is 482 g/mol. The van der Waals surface area contributed by atoms with Crippen molar-refractivity contribution >= 4 is 28.3 Å². The highest BCUT2D eigenvalue weighted by molar-refractivity contribution is 5.94. The first kappa shape index (κ1) is 25.6. The van der Waals surface area contributed by atoms with E-state index in [9.17, 15) is 9.59 Å². The van der Waals surface area contributed by atoms with Gasteiger partial charge in [0.25, 0.3) is 11.5 Å². The van der Waals surface area contributed by atoms with Crippen LogP contribution in [0.3, 0.4) is 0 Å². The Bertz CT molecular complexity index is 1710. The van der Waals surface area contributed by atoms with Gasteiger partial charge in [0.15, 0.2) is 11.5 Å². The summed E-state index contributed by atoms with van der Waals surface area (Å²) in [6.45, 7) is 1.98. The quantitative estimate of drug-likeness (QED) is 0.312. The third-order valence-electron chi connectivity index (χ3n) is 5.30. The summed E-state index contributed by atoms with van der Waals surface area (Å²) < 4.78 is 3.20. The molecule has 2 aromatic carbocycles. The fraction of sp³-hybridized carbons (Fsp3) is 0.111. The third-order valence-corrected chi connectivity index (χ3v) is 5.30. The molecule has 0 fully saturated rings. The zero-order valence-electron chi connectivity index (χ0n) is 20.8. The molecule has 0 aliphatic heterocycles. The van der Waals surface area contributed by atoms with Crippen LogP contribution in [0, 0.1) is 11.8 Å². The fourth-order valence-corrected chi connectivity index (χ4v) is 3.54. The van der Waals surface area contributed by atoms with Gasteiger partial charge in [-0.1, -0.05) is 43.0 Å². The number of para-hydroxylation sites is 1. The van der Waals surface area contributed by atoms with Crippen LogP contribution in [0.2, 0.25) is 0 Å². The lowest BCUT2D eigenvalue weighted by molar-refractivity contribution is 0.0996. The zero-order chi connectivity index (χ0) is 27.1. The number of hydrogen-bond donors (Lipinski definition) is 3. The highest BCUT2D eigenvalue weighted by Gasteiger charge is 2.13. The minimum Gasteiger partial charge on any atom is -0.382 e. The molecule has 1 amide bonds. The van der Waals surface area contributed by atoms with Gasteiger partial charge in [-0.2, -0.15) is 5.10 Å². The summed E-state index contributed by atoms with van der Waals surface area (Å²) in [5, 5.41) is 4.62. The number of aromatic nitrogens is 6. The number of primary amides is 1. The van der Waals surface area contributed by atoms with E-state index in [0.717, 1.165) is 11.3 Å². The summed E-state index contributed by atoms with van der Waals surface area (Å²) in [5.74, 6) is 6.24. The number of carbonyl (C=O) groups is 1. The number of anilines is 2. The summed E-state index contributed by atoms with van der Waals surface area (Å²) in [5.41, 5.74) is 16.1. The maximum Gasteiger partial charge on any atom is 0.281 e. The van der Waals surface area contributed by atoms with Crippen LogP contribution < -0.4 is 22.5 Å². The summed E-state index contributed by atoms with van der Waals surface area (Å²) in [6, 6.07) is 15.1. The van der Waals surface area contributed by atoms with Crippen LogP contribution in [-0.2, 0) is 13.5 Å². The minimum absolute atomic E-state index is 0.0162. The number of nitrogen functional groups attached to an aromatic ring is 1. The van der Waals surface area contributed by atoms with Gasteiger partial charge in [0, 0.05) is 37.6 Å². The van der Waals surface area contributed by atoms with Gasteiger partial charge in [-0.25, -0.2) is 19.6 Å². The van der Waals surface area contributed by atoms with Gasteiger partial charge < -0.3 is 11.5 Å². The van der Waals surface area contributed by atoms with Crippen molar-refractivity contribution < 1.29 is 4.79 Å². The first-order chi connectivity index (χ1) is 18.4. The molecule has 0 radical (unpaired) electrons. The van der Waals surface area contributed by atoms with Crippen molar-refractivity contribution in [3.8, 4) is 11.8 Å². The molecule has 5 aromatic rings. The standard InChI is InChI=1S/C22H19N5O.C5H6N4O/c1-3-20-24-19-11-7-8-17(13-12-16-14-23-26(2)15-16)21(19)22(28)27(20)25-18-9-5-4-6-10-18;6-4-3(5(7)10)8-1-2-9-4/h4-11,14-15,25H,3H2,1-2H3;1-2H,(H2,6,9)(H2,7,10). The normalized spacial score (nSPS) is 10.2. The van der Waals surface area contributed by atoms with Gasteiger partial charge in [0.05, 0.1) is 28.4 Å². The first-order valence-corrected chi connectivity index (χ1v) is 11.6. The number of nitrogens with zero attached hydrogens (tertiary/aromatic N) is 6. The second-order valence-corrected chi connectivity index (χ2v) is 8.01. The van der Waals surface area contributed by atoms with Crippen LogP contribution in [-0.4, -0.2) is 35.3 Å². The van der Waals surface area contributed by atoms with Crippen LogP contribution >= 0.6 is 0 Å². The number of benzene rings is 2. The Balaban J connectivity index is 0.000000283. The molecule has 0 saturated heterocycles. The molecule has 0 saturated carbocycles. The Kier molecular flexibility index (Phi) is 7.74. The number of carbonyl (C=O) groups excluding carboxylic acids is 1. The maximum atomic E-state index is 13.3. The number of rotatable bonds is 4. The van der Waals surface area contributed by atoms with E-state index in [1.165, 1.54) is 17.1 Å². The lowest BCUT2D eigenvalue weighted by Gasteiger charge is -2.15. The predicted octanol–water partition coefficient (Wildman–Crippen LogP) is 2.13. The molecular formula is C27H25N9O2. The van der Waals surface area contributed by atoms with Crippen LogP contribution in [0.4, 0.5) is 11.5 Å². The Labute approximate surface area is 218 Å². The highest BCUT2D eigenvalue weighted by atomic mass is 16.1. The average Bonchev–Trinajstić information content (AvgIpc) is 3.34. The molecule has 5 rings (SSSR count). The van der Waals surface area contributed by atoms with Crippen molar-refractivity contribution in [1.29, 1.82) is 0 Å². The third kappa shape index (κ3) is 5.83. The summed E-state index contributed by atoms with van der Waals surface area (Å²) >= 11 is 0. The van der Waals surface area contributed by atoms with E-state index in [-0.39, 0.29) is 17.1 Å². The lowest BCUT2D eigenvalue weighted by Crippen LogP contribution is -2.31. The molecule has 38 heavy (non-hydrogen) atoms. The van der Waals surface area contributed by atoms with Gasteiger partial charge in [0.2, 0.25) is 0 Å². The minimum atomic E-state index is -0.661. The molecule has 3 aromatic heterocycles. The van der Waals surface area contributed by atoms with Gasteiger partial charge in [-0.05, 0) is 24.3 Å². The van der Waals surface area contributed by atoms with E-state index in [4.69, 9.17) is 11.5 Å². The van der Waals surface area contributed by atoms with Crippen molar-refractivity contribution in [1.82, 2.24) is 29.4 Å². The van der Waals surface area contributed by atoms with E-state index >= 15 is 0 Å². The number of hydrogen-bond acceptors (Lipinski definition) is 8. The maximum absolute atomic E-state index is 13.3. The van der Waals surface area contributed by atoms with Crippen molar-refractivity contribution in [2.45, 2.75) is 13.3 Å². The zero-order valence-corrected chi connectivity index (χ0v) is 20.8. The molecule has 11 nitrogen and oxygen atoms in total. The highest BCUT2D eigenvalue weighted by Crippen LogP contribution is 2.15. The lowest BCUT2D eigenvalue weighted by atomic mass is 10.1. The van der Waals surface area contributed by atoms with Crippen LogP contribution in [0.25, 0.3) is 10.9 Å². The molecule has 5 N–H and O–H groups in total. The van der Waals surface area contributed by atoms with E-state index in [0.29, 0.717) is 28.7 Å². The fourth-order valence-electron chi connectivity index (χ4n) is 3.54. The van der Waals surface area contributed by atoms with Crippen molar-refractivity contribution in [2.24, 2.45) is 12.8 Å². The van der Waals surface area contributed by atoms with Crippen LogP contribution in [0.5, 0.6) is 0 Å². The largest absolute Gasteiger partial charge is 0.382 e. The molecule has 0 aliphatic rings. The smallest absolute Gasteiger partial charge is 0.281 e. The number of aryl methyl sites for hydroxylation is 2. The molecule has 0 aliphatic carbocycles. The van der Waals surface area contributed by atoms with Gasteiger partial charge in [-0.3, -0.25) is 19.7 Å². The Hall–Kier alpha value is -5.50. The Morgan fingerprint density at radius 3 is 2.45 bits per heavy atom. The summed E-state index contributed by atoms with van der Waals surface area (Å²) in [7, 11) is 1.84. The van der Waals surface area contributed by atoms with Gasteiger partial charge in [0.1, 0.15) is 5.82 Å². The first-order valence-electron chi connectivity index (χ1n) is 11.6. The Morgan fingerprint density at radius 2 is 1.82 bits per heavy atom. The molecule has 0 bridgehead atoms. The topological polar surface area (TPSA) is 160 Å². The second-order valence-electron chi connectivity index (χ2n) is 8.01. The van der Waals surface area contributed by atoms with Crippen molar-refractivity contribution in [3.05, 3.63) is 106 Å². The van der Waals surface area contributed by atoms with Crippen LogP contribution in [0.15, 0.2) is 78.1 Å². The van der Waals surface area contributed by atoms with E-state index in [1.54, 1.807) is 10.9 Å². The van der Waals surface area contributed by atoms with E-state index < -0.39 is 5.91 Å². The average molecular weight is 508 g/mol.